The van der Waals surface area contributed by atoms with Crippen molar-refractivity contribution in [2.45, 2.75) is 19.8 Å². The molecule has 0 unspecified atom stereocenters. The van der Waals surface area contributed by atoms with Crippen molar-refractivity contribution in [2.24, 2.45) is 0 Å². The minimum absolute atomic E-state index is 0.00669. The van der Waals surface area contributed by atoms with Crippen LogP contribution in [0.25, 0.3) is 0 Å². The topological polar surface area (TPSA) is 61.9 Å². The highest BCUT2D eigenvalue weighted by molar-refractivity contribution is 6.30. The summed E-state index contributed by atoms with van der Waals surface area (Å²) in [7, 11) is 0. The molecule has 1 aromatic carbocycles. The van der Waals surface area contributed by atoms with Crippen molar-refractivity contribution in [1.29, 1.82) is 0 Å². The van der Waals surface area contributed by atoms with Gasteiger partial charge in [0, 0.05) is 57.6 Å². The molecule has 0 saturated carbocycles. The van der Waals surface area contributed by atoms with Gasteiger partial charge in [-0.1, -0.05) is 23.7 Å². The maximum atomic E-state index is 12.0. The third kappa shape index (κ3) is 7.72. The lowest BCUT2D eigenvalue weighted by atomic mass is 10.1. The van der Waals surface area contributed by atoms with Crippen LogP contribution in [-0.4, -0.2) is 74.1 Å². The Labute approximate surface area is 160 Å². The molecule has 1 aliphatic rings. The molecule has 0 bridgehead atoms. The molecule has 1 saturated heterocycles. The van der Waals surface area contributed by atoms with Gasteiger partial charge in [0.25, 0.3) is 0 Å². The van der Waals surface area contributed by atoms with Crippen LogP contribution in [0.5, 0.6) is 0 Å². The standard InChI is InChI=1S/C19H28ClN3O3/c1-16(24)23(11-10-22-12-14-26-15-13-22)9-7-19(25)21-8-6-17-2-4-18(20)5-3-17/h2-5H,6-15H2,1H3,(H,21,25). The molecule has 26 heavy (non-hydrogen) atoms. The van der Waals surface area contributed by atoms with Crippen LogP contribution < -0.4 is 5.32 Å². The zero-order valence-corrected chi connectivity index (χ0v) is 16.1. The zero-order chi connectivity index (χ0) is 18.8. The maximum Gasteiger partial charge on any atom is 0.221 e. The van der Waals surface area contributed by atoms with Crippen LogP contribution in [-0.2, 0) is 20.7 Å². The van der Waals surface area contributed by atoms with E-state index in [-0.39, 0.29) is 11.8 Å². The second kappa shape index (κ2) is 11.2. The molecular weight excluding hydrogens is 354 g/mol. The molecule has 144 valence electrons. The van der Waals surface area contributed by atoms with E-state index in [9.17, 15) is 9.59 Å². The lowest BCUT2D eigenvalue weighted by Crippen LogP contribution is -2.43. The predicted molar refractivity (Wildman–Crippen MR) is 102 cm³/mol. The molecule has 0 atom stereocenters. The molecule has 0 aromatic heterocycles. The van der Waals surface area contributed by atoms with E-state index in [0.29, 0.717) is 31.1 Å². The first-order valence-corrected chi connectivity index (χ1v) is 9.49. The van der Waals surface area contributed by atoms with Crippen LogP contribution in [0.2, 0.25) is 5.02 Å². The average molecular weight is 382 g/mol. The van der Waals surface area contributed by atoms with E-state index in [1.807, 2.05) is 24.3 Å². The Bertz CT molecular complexity index is 574. The van der Waals surface area contributed by atoms with Gasteiger partial charge in [0.05, 0.1) is 13.2 Å². The Kier molecular flexibility index (Phi) is 8.88. The van der Waals surface area contributed by atoms with Crippen molar-refractivity contribution in [3.8, 4) is 0 Å². The van der Waals surface area contributed by atoms with E-state index in [1.54, 1.807) is 11.8 Å². The summed E-state index contributed by atoms with van der Waals surface area (Å²) in [5, 5.41) is 3.62. The van der Waals surface area contributed by atoms with E-state index in [0.717, 1.165) is 44.8 Å². The number of carbonyl (C=O) groups excluding carboxylic acids is 2. The molecule has 1 aromatic rings. The SMILES string of the molecule is CC(=O)N(CCC(=O)NCCc1ccc(Cl)cc1)CCN1CCOCC1. The summed E-state index contributed by atoms with van der Waals surface area (Å²) >= 11 is 5.86. The van der Waals surface area contributed by atoms with Gasteiger partial charge in [-0.05, 0) is 24.1 Å². The fourth-order valence-electron chi connectivity index (χ4n) is 2.84. The van der Waals surface area contributed by atoms with Gasteiger partial charge < -0.3 is 15.0 Å². The molecule has 0 spiro atoms. The van der Waals surface area contributed by atoms with Crippen LogP contribution in [0.4, 0.5) is 0 Å². The number of ether oxygens (including phenoxy) is 1. The predicted octanol–water partition coefficient (Wildman–Crippen LogP) is 1.57. The van der Waals surface area contributed by atoms with Gasteiger partial charge in [0.2, 0.25) is 11.8 Å². The van der Waals surface area contributed by atoms with Crippen molar-refractivity contribution in [1.82, 2.24) is 15.1 Å². The number of morpholine rings is 1. The molecule has 0 aliphatic carbocycles. The minimum Gasteiger partial charge on any atom is -0.379 e. The van der Waals surface area contributed by atoms with Gasteiger partial charge in [-0.2, -0.15) is 0 Å². The van der Waals surface area contributed by atoms with Gasteiger partial charge in [-0.3, -0.25) is 14.5 Å². The van der Waals surface area contributed by atoms with Gasteiger partial charge in [-0.15, -0.1) is 0 Å². The lowest BCUT2D eigenvalue weighted by molar-refractivity contribution is -0.130. The van der Waals surface area contributed by atoms with Gasteiger partial charge in [0.1, 0.15) is 0 Å². The normalized spacial score (nSPS) is 14.8. The molecule has 2 rings (SSSR count). The van der Waals surface area contributed by atoms with Crippen molar-refractivity contribution >= 4 is 23.4 Å². The number of benzene rings is 1. The summed E-state index contributed by atoms with van der Waals surface area (Å²) in [4.78, 5) is 27.8. The monoisotopic (exact) mass is 381 g/mol. The number of rotatable bonds is 9. The molecule has 7 heteroatoms. The van der Waals surface area contributed by atoms with E-state index in [1.165, 1.54) is 0 Å². The smallest absolute Gasteiger partial charge is 0.221 e. The van der Waals surface area contributed by atoms with Crippen LogP contribution in [0.15, 0.2) is 24.3 Å². The maximum absolute atomic E-state index is 12.0. The number of hydrogen-bond donors (Lipinski definition) is 1. The molecule has 0 radical (unpaired) electrons. The summed E-state index contributed by atoms with van der Waals surface area (Å²) in [5.41, 5.74) is 1.13. The Morgan fingerprint density at radius 3 is 2.54 bits per heavy atom. The highest BCUT2D eigenvalue weighted by atomic mass is 35.5. The summed E-state index contributed by atoms with van der Waals surface area (Å²) in [5.74, 6) is -0.0243. The van der Waals surface area contributed by atoms with E-state index in [4.69, 9.17) is 16.3 Å². The van der Waals surface area contributed by atoms with Gasteiger partial charge in [0.15, 0.2) is 0 Å². The summed E-state index contributed by atoms with van der Waals surface area (Å²) in [6.45, 7) is 7.34. The molecular formula is C19H28ClN3O3. The number of amides is 2. The second-order valence-electron chi connectivity index (χ2n) is 6.44. The third-order valence-corrected chi connectivity index (χ3v) is 4.75. The van der Waals surface area contributed by atoms with E-state index in [2.05, 4.69) is 10.2 Å². The van der Waals surface area contributed by atoms with Crippen molar-refractivity contribution < 1.29 is 14.3 Å². The highest BCUT2D eigenvalue weighted by Crippen LogP contribution is 2.09. The molecule has 1 fully saturated rings. The zero-order valence-electron chi connectivity index (χ0n) is 15.4. The van der Waals surface area contributed by atoms with Crippen molar-refractivity contribution in [3.63, 3.8) is 0 Å². The average Bonchev–Trinajstić information content (AvgIpc) is 2.64. The number of halogens is 1. The van der Waals surface area contributed by atoms with E-state index < -0.39 is 0 Å². The Morgan fingerprint density at radius 1 is 1.19 bits per heavy atom. The highest BCUT2D eigenvalue weighted by Gasteiger charge is 2.15. The Balaban J connectivity index is 1.64. The van der Waals surface area contributed by atoms with Crippen LogP contribution >= 0.6 is 11.6 Å². The first kappa shape index (κ1) is 20.7. The summed E-state index contributed by atoms with van der Waals surface area (Å²) in [6, 6.07) is 7.60. The summed E-state index contributed by atoms with van der Waals surface area (Å²) < 4.78 is 5.33. The lowest BCUT2D eigenvalue weighted by Gasteiger charge is -2.29. The van der Waals surface area contributed by atoms with Crippen LogP contribution in [0.1, 0.15) is 18.9 Å². The fourth-order valence-corrected chi connectivity index (χ4v) is 2.96. The number of nitrogens with one attached hydrogen (secondary N) is 1. The Hall–Kier alpha value is -1.63. The summed E-state index contributed by atoms with van der Waals surface area (Å²) in [6.07, 6.45) is 1.08. The van der Waals surface area contributed by atoms with Crippen molar-refractivity contribution in [3.05, 3.63) is 34.9 Å². The first-order chi connectivity index (χ1) is 12.5. The number of nitrogens with zero attached hydrogens (tertiary/aromatic N) is 2. The molecule has 1 heterocycles. The quantitative estimate of drug-likeness (QED) is 0.705. The molecule has 2 amide bonds. The fraction of sp³-hybridized carbons (Fsp3) is 0.579. The Morgan fingerprint density at radius 2 is 1.88 bits per heavy atom. The molecule has 1 N–H and O–H groups in total. The van der Waals surface area contributed by atoms with Gasteiger partial charge >= 0.3 is 0 Å². The second-order valence-corrected chi connectivity index (χ2v) is 6.87. The number of carbonyl (C=O) groups is 2. The van der Waals surface area contributed by atoms with Crippen LogP contribution in [0.3, 0.4) is 0 Å². The first-order valence-electron chi connectivity index (χ1n) is 9.11. The number of hydrogen-bond acceptors (Lipinski definition) is 4. The van der Waals surface area contributed by atoms with Crippen LogP contribution in [0, 0.1) is 0 Å². The van der Waals surface area contributed by atoms with Gasteiger partial charge in [-0.25, -0.2) is 0 Å². The molecule has 6 nitrogen and oxygen atoms in total. The largest absolute Gasteiger partial charge is 0.379 e. The van der Waals surface area contributed by atoms with E-state index >= 15 is 0 Å². The van der Waals surface area contributed by atoms with Crippen molar-refractivity contribution in [2.75, 3.05) is 52.5 Å². The minimum atomic E-state index is -0.0309. The molecule has 1 aliphatic heterocycles. The third-order valence-electron chi connectivity index (χ3n) is 4.49.